The van der Waals surface area contributed by atoms with Crippen LogP contribution >= 0.6 is 23.1 Å². The highest BCUT2D eigenvalue weighted by Gasteiger charge is 2.29. The van der Waals surface area contributed by atoms with E-state index >= 15 is 0 Å². The molecule has 92 valence electrons. The molecule has 2 rings (SSSR count). The molecule has 0 aliphatic heterocycles. The van der Waals surface area contributed by atoms with Gasteiger partial charge in [-0.2, -0.15) is 0 Å². The molecule has 17 heavy (non-hydrogen) atoms. The van der Waals surface area contributed by atoms with E-state index in [1.165, 1.54) is 11.3 Å². The van der Waals surface area contributed by atoms with Crippen LogP contribution in [0.1, 0.15) is 51.8 Å². The Bertz CT molecular complexity index is 463. The van der Waals surface area contributed by atoms with Crippen molar-refractivity contribution in [1.29, 1.82) is 0 Å². The highest BCUT2D eigenvalue weighted by molar-refractivity contribution is 8.01. The fraction of sp³-hybridized carbons (Fsp3) is 0.500. The Hall–Kier alpha value is -0.810. The lowest BCUT2D eigenvalue weighted by atomic mass is 9.93. The van der Waals surface area contributed by atoms with Crippen LogP contribution in [0.3, 0.4) is 0 Å². The summed E-state index contributed by atoms with van der Waals surface area (Å²) in [4.78, 5) is 23.4. The molecule has 0 spiro atoms. The van der Waals surface area contributed by atoms with E-state index in [0.29, 0.717) is 16.9 Å². The third kappa shape index (κ3) is 2.40. The predicted octanol–water partition coefficient (Wildman–Crippen LogP) is 3.47. The Morgan fingerprint density at radius 3 is 2.88 bits per heavy atom. The highest BCUT2D eigenvalue weighted by Crippen LogP contribution is 2.40. The second-order valence-electron chi connectivity index (χ2n) is 4.00. The topological polar surface area (TPSA) is 54.4 Å². The van der Waals surface area contributed by atoms with Crippen molar-refractivity contribution in [3.63, 3.8) is 0 Å². The zero-order valence-electron chi connectivity index (χ0n) is 9.62. The highest BCUT2D eigenvalue weighted by atomic mass is 32.2. The average Bonchev–Trinajstić information content (AvgIpc) is 2.67. The Balaban J connectivity index is 2.45. The maximum atomic E-state index is 11.9. The number of hydrogen-bond donors (Lipinski definition) is 1. The molecule has 0 atom stereocenters. The van der Waals surface area contributed by atoms with Gasteiger partial charge in [-0.1, -0.05) is 6.92 Å². The third-order valence-corrected chi connectivity index (χ3v) is 5.41. The summed E-state index contributed by atoms with van der Waals surface area (Å²) < 4.78 is 0.906. The van der Waals surface area contributed by atoms with Gasteiger partial charge in [-0.15, -0.1) is 23.1 Å². The first-order chi connectivity index (χ1) is 8.15. The molecule has 1 aliphatic rings. The van der Waals surface area contributed by atoms with Gasteiger partial charge >= 0.3 is 5.97 Å². The van der Waals surface area contributed by atoms with E-state index in [-0.39, 0.29) is 5.78 Å². The molecule has 5 heteroatoms. The number of carboxylic acid groups (broad SMARTS) is 1. The number of carboxylic acids is 1. The number of thioether (sulfide) groups is 1. The van der Waals surface area contributed by atoms with Gasteiger partial charge in [0.25, 0.3) is 0 Å². The fourth-order valence-corrected chi connectivity index (χ4v) is 4.43. The number of carbonyl (C=O) groups excluding carboxylic acids is 1. The van der Waals surface area contributed by atoms with Gasteiger partial charge in [0, 0.05) is 12.0 Å². The Labute approximate surface area is 108 Å². The molecule has 1 aromatic heterocycles. The Morgan fingerprint density at radius 1 is 1.47 bits per heavy atom. The molecule has 0 aromatic carbocycles. The van der Waals surface area contributed by atoms with Crippen LogP contribution in [0.25, 0.3) is 0 Å². The van der Waals surface area contributed by atoms with Gasteiger partial charge in [0.2, 0.25) is 0 Å². The van der Waals surface area contributed by atoms with Crippen molar-refractivity contribution < 1.29 is 14.7 Å². The Morgan fingerprint density at radius 2 is 2.24 bits per heavy atom. The van der Waals surface area contributed by atoms with Crippen LogP contribution in [0.4, 0.5) is 0 Å². The number of ketones is 1. The van der Waals surface area contributed by atoms with Crippen molar-refractivity contribution in [2.75, 3.05) is 5.75 Å². The lowest BCUT2D eigenvalue weighted by molar-refractivity contribution is 0.0701. The molecule has 1 heterocycles. The minimum Gasteiger partial charge on any atom is -0.477 e. The summed E-state index contributed by atoms with van der Waals surface area (Å²) >= 11 is 2.88. The van der Waals surface area contributed by atoms with E-state index in [0.717, 1.165) is 34.8 Å². The van der Waals surface area contributed by atoms with Crippen molar-refractivity contribution in [2.45, 2.75) is 36.8 Å². The van der Waals surface area contributed by atoms with E-state index in [4.69, 9.17) is 5.11 Å². The minimum absolute atomic E-state index is 0.119. The minimum atomic E-state index is -0.899. The third-order valence-electron chi connectivity index (χ3n) is 2.72. The molecule has 0 unspecified atom stereocenters. The second-order valence-corrected chi connectivity index (χ2v) is 6.39. The fourth-order valence-electron chi connectivity index (χ4n) is 1.98. The molecule has 3 nitrogen and oxygen atoms in total. The first-order valence-corrected chi connectivity index (χ1v) is 7.50. The van der Waals surface area contributed by atoms with Crippen LogP contribution in [-0.4, -0.2) is 22.6 Å². The predicted molar refractivity (Wildman–Crippen MR) is 69.6 cm³/mol. The van der Waals surface area contributed by atoms with Gasteiger partial charge in [-0.05, 0) is 30.6 Å². The number of fused-ring (bicyclic) bond motifs is 1. The quantitative estimate of drug-likeness (QED) is 0.851. The number of carbonyl (C=O) groups is 2. The number of thiophene rings is 1. The summed E-state index contributed by atoms with van der Waals surface area (Å²) in [5.74, 6) is 0.150. The molecule has 0 fully saturated rings. The van der Waals surface area contributed by atoms with E-state index in [1.807, 2.05) is 0 Å². The van der Waals surface area contributed by atoms with E-state index in [1.54, 1.807) is 11.8 Å². The molecule has 0 saturated heterocycles. The smallest absolute Gasteiger partial charge is 0.346 e. The Kier molecular flexibility index (Phi) is 3.89. The number of aromatic carboxylic acids is 1. The molecule has 0 bridgehead atoms. The first kappa shape index (κ1) is 12.6. The molecule has 0 amide bonds. The summed E-state index contributed by atoms with van der Waals surface area (Å²) in [5.41, 5.74) is 1.48. The molecular weight excluding hydrogens is 256 g/mol. The van der Waals surface area contributed by atoms with Crippen LogP contribution in [0.2, 0.25) is 0 Å². The largest absolute Gasteiger partial charge is 0.477 e. The van der Waals surface area contributed by atoms with Crippen LogP contribution in [0.5, 0.6) is 0 Å². The van der Waals surface area contributed by atoms with E-state index in [2.05, 4.69) is 6.92 Å². The number of rotatable bonds is 4. The van der Waals surface area contributed by atoms with Crippen LogP contribution in [0.15, 0.2) is 4.21 Å². The van der Waals surface area contributed by atoms with Gasteiger partial charge in [-0.3, -0.25) is 4.79 Å². The van der Waals surface area contributed by atoms with Crippen molar-refractivity contribution in [2.24, 2.45) is 0 Å². The van der Waals surface area contributed by atoms with Gasteiger partial charge in [0.1, 0.15) is 4.88 Å². The summed E-state index contributed by atoms with van der Waals surface area (Å²) in [7, 11) is 0. The summed E-state index contributed by atoms with van der Waals surface area (Å²) in [6, 6.07) is 0. The zero-order valence-corrected chi connectivity index (χ0v) is 11.2. The normalized spacial score (nSPS) is 14.8. The maximum Gasteiger partial charge on any atom is 0.346 e. The standard InChI is InChI=1S/C12H14O3S2/c1-2-6-16-12-9-7(4-3-5-8(9)13)10(17-12)11(14)15/h2-6H2,1H3,(H,14,15). The monoisotopic (exact) mass is 270 g/mol. The summed E-state index contributed by atoms with van der Waals surface area (Å²) in [5, 5.41) is 9.16. The van der Waals surface area contributed by atoms with Gasteiger partial charge in [0.15, 0.2) is 5.78 Å². The van der Waals surface area contributed by atoms with Crippen LogP contribution in [-0.2, 0) is 6.42 Å². The lowest BCUT2D eigenvalue weighted by Crippen LogP contribution is -2.11. The van der Waals surface area contributed by atoms with Gasteiger partial charge in [-0.25, -0.2) is 4.79 Å². The molecular formula is C12H14O3S2. The van der Waals surface area contributed by atoms with Crippen LogP contribution in [0, 0.1) is 0 Å². The van der Waals surface area contributed by atoms with E-state index < -0.39 is 5.97 Å². The van der Waals surface area contributed by atoms with Crippen molar-refractivity contribution in [1.82, 2.24) is 0 Å². The molecule has 1 aromatic rings. The first-order valence-electron chi connectivity index (χ1n) is 5.70. The summed E-state index contributed by atoms with van der Waals surface area (Å²) in [6.07, 6.45) is 3.09. The lowest BCUT2D eigenvalue weighted by Gasteiger charge is -2.12. The molecule has 1 aliphatic carbocycles. The van der Waals surface area contributed by atoms with Crippen molar-refractivity contribution in [3.05, 3.63) is 16.0 Å². The van der Waals surface area contributed by atoms with Crippen molar-refractivity contribution in [3.8, 4) is 0 Å². The molecule has 0 saturated carbocycles. The number of hydrogen-bond acceptors (Lipinski definition) is 4. The number of Topliss-reactive ketones (excluding diaryl/α,β-unsaturated/α-hetero) is 1. The van der Waals surface area contributed by atoms with Crippen molar-refractivity contribution >= 4 is 34.9 Å². The van der Waals surface area contributed by atoms with Gasteiger partial charge < -0.3 is 5.11 Å². The SMILES string of the molecule is CCCSc1sc(C(=O)O)c2c1C(=O)CCC2. The molecule has 0 radical (unpaired) electrons. The van der Waals surface area contributed by atoms with Crippen LogP contribution < -0.4 is 0 Å². The maximum absolute atomic E-state index is 11.9. The van der Waals surface area contributed by atoms with Gasteiger partial charge in [0.05, 0.1) is 4.21 Å². The van der Waals surface area contributed by atoms with E-state index in [9.17, 15) is 9.59 Å². The summed E-state index contributed by atoms with van der Waals surface area (Å²) in [6.45, 7) is 2.08. The molecule has 1 N–H and O–H groups in total. The second kappa shape index (κ2) is 5.23. The zero-order chi connectivity index (χ0) is 12.4. The average molecular weight is 270 g/mol.